The summed E-state index contributed by atoms with van der Waals surface area (Å²) in [5.41, 5.74) is 3.50. The molecule has 1 saturated carbocycles. The van der Waals surface area contributed by atoms with Crippen molar-refractivity contribution in [1.82, 2.24) is 4.98 Å². The van der Waals surface area contributed by atoms with Crippen molar-refractivity contribution in [2.45, 2.75) is 57.9 Å². The molecule has 6 nitrogen and oxygen atoms in total. The van der Waals surface area contributed by atoms with Crippen molar-refractivity contribution in [3.8, 4) is 11.3 Å². The molecule has 0 bridgehead atoms. The van der Waals surface area contributed by atoms with Gasteiger partial charge in [0.2, 0.25) is 15.9 Å². The Bertz CT molecular complexity index is 1010. The van der Waals surface area contributed by atoms with E-state index in [1.54, 1.807) is 0 Å². The van der Waals surface area contributed by atoms with Crippen LogP contribution in [0.3, 0.4) is 0 Å². The Morgan fingerprint density at radius 1 is 1.31 bits per heavy atom. The third kappa shape index (κ3) is 4.48. The van der Waals surface area contributed by atoms with E-state index in [2.05, 4.69) is 10.3 Å². The van der Waals surface area contributed by atoms with Gasteiger partial charge < -0.3 is 5.32 Å². The normalized spacial score (nSPS) is 19.5. The van der Waals surface area contributed by atoms with Crippen molar-refractivity contribution >= 4 is 38.1 Å². The molecule has 1 aromatic heterocycles. The van der Waals surface area contributed by atoms with Crippen LogP contribution in [0.5, 0.6) is 0 Å². The number of fused-ring (bicyclic) bond motifs is 1. The molecule has 2 heterocycles. The first-order chi connectivity index (χ1) is 13.8. The first-order valence-electron chi connectivity index (χ1n) is 10.2. The second-order valence-corrected chi connectivity index (χ2v) is 10.9. The number of benzene rings is 1. The zero-order valence-corrected chi connectivity index (χ0v) is 18.5. The van der Waals surface area contributed by atoms with Gasteiger partial charge in [0, 0.05) is 23.4 Å². The molecule has 1 amide bonds. The van der Waals surface area contributed by atoms with E-state index >= 15 is 0 Å². The van der Waals surface area contributed by atoms with Crippen molar-refractivity contribution < 1.29 is 13.2 Å². The maximum atomic E-state index is 12.2. The fourth-order valence-electron chi connectivity index (χ4n) is 4.55. The molecule has 2 aliphatic rings. The van der Waals surface area contributed by atoms with E-state index in [4.69, 9.17) is 0 Å². The van der Waals surface area contributed by atoms with E-state index in [-0.39, 0.29) is 11.9 Å². The van der Waals surface area contributed by atoms with Crippen LogP contribution in [0.2, 0.25) is 0 Å². The molecule has 0 radical (unpaired) electrons. The first kappa shape index (κ1) is 20.3. The number of aromatic nitrogens is 1. The zero-order chi connectivity index (χ0) is 20.6. The number of hydrogen-bond donors (Lipinski definition) is 1. The van der Waals surface area contributed by atoms with Gasteiger partial charge in [0.15, 0.2) is 5.13 Å². The van der Waals surface area contributed by atoms with Crippen LogP contribution < -0.4 is 9.62 Å². The molecule has 1 N–H and O–H groups in total. The number of carbonyl (C=O) groups is 1. The van der Waals surface area contributed by atoms with Crippen molar-refractivity contribution in [1.29, 1.82) is 0 Å². The lowest BCUT2D eigenvalue weighted by atomic mass is 10.0. The van der Waals surface area contributed by atoms with Crippen molar-refractivity contribution in [3.05, 3.63) is 29.1 Å². The van der Waals surface area contributed by atoms with Crippen LogP contribution >= 0.6 is 11.3 Å². The summed E-state index contributed by atoms with van der Waals surface area (Å²) in [5, 5.41) is 5.47. The van der Waals surface area contributed by atoms with Crippen LogP contribution in [0.1, 0.15) is 51.0 Å². The van der Waals surface area contributed by atoms with E-state index in [0.29, 0.717) is 23.9 Å². The van der Waals surface area contributed by atoms with Crippen LogP contribution in [0, 0.1) is 5.92 Å². The van der Waals surface area contributed by atoms with E-state index in [1.807, 2.05) is 30.5 Å². The summed E-state index contributed by atoms with van der Waals surface area (Å²) in [6, 6.07) is 5.68. The van der Waals surface area contributed by atoms with Crippen LogP contribution in [0.4, 0.5) is 10.8 Å². The molecule has 1 aliphatic heterocycles. The Kier molecular flexibility index (Phi) is 5.66. The lowest BCUT2D eigenvalue weighted by Crippen LogP contribution is -2.34. The second-order valence-electron chi connectivity index (χ2n) is 8.23. The summed E-state index contributed by atoms with van der Waals surface area (Å²) in [7, 11) is -3.29. The minimum absolute atomic E-state index is 0.0318. The Morgan fingerprint density at radius 3 is 2.79 bits per heavy atom. The zero-order valence-electron chi connectivity index (χ0n) is 16.8. The summed E-state index contributed by atoms with van der Waals surface area (Å²) >= 11 is 1.42. The van der Waals surface area contributed by atoms with Gasteiger partial charge in [-0.1, -0.05) is 31.7 Å². The van der Waals surface area contributed by atoms with Crippen LogP contribution in [0.15, 0.2) is 23.6 Å². The van der Waals surface area contributed by atoms with Crippen LogP contribution in [-0.2, 0) is 21.2 Å². The molecule has 156 valence electrons. The minimum Gasteiger partial charge on any atom is -0.302 e. The smallest absolute Gasteiger partial charge is 0.232 e. The number of thiazole rings is 1. The van der Waals surface area contributed by atoms with Crippen molar-refractivity contribution in [2.75, 3.05) is 15.9 Å². The molecule has 8 heteroatoms. The van der Waals surface area contributed by atoms with Gasteiger partial charge in [0.05, 0.1) is 17.6 Å². The highest BCUT2D eigenvalue weighted by atomic mass is 32.2. The molecule has 0 saturated heterocycles. The number of nitrogens with one attached hydrogen (secondary N) is 1. The Hall–Kier alpha value is -1.93. The number of nitrogens with zero attached hydrogens (tertiary/aromatic N) is 2. The maximum absolute atomic E-state index is 12.2. The topological polar surface area (TPSA) is 79.4 Å². The Balaban J connectivity index is 1.43. The molecule has 1 aromatic carbocycles. The van der Waals surface area contributed by atoms with Crippen LogP contribution in [-0.4, -0.2) is 31.6 Å². The Morgan fingerprint density at radius 2 is 2.07 bits per heavy atom. The molecule has 2 aromatic rings. The van der Waals surface area contributed by atoms with Gasteiger partial charge in [0.25, 0.3) is 0 Å². The molecule has 1 fully saturated rings. The molecule has 1 unspecified atom stereocenters. The van der Waals surface area contributed by atoms with Gasteiger partial charge in [-0.2, -0.15) is 0 Å². The number of rotatable bonds is 6. The third-order valence-corrected chi connectivity index (χ3v) is 7.92. The second kappa shape index (κ2) is 8.07. The van der Waals surface area contributed by atoms with Crippen molar-refractivity contribution in [2.24, 2.45) is 5.92 Å². The lowest BCUT2D eigenvalue weighted by molar-refractivity contribution is -0.116. The standard InChI is InChI=1S/C21H27N3O3S2/c1-14-11-17-12-16(8-9-19(17)24(14)29(2,26)27)18-13-28-21(22-18)23-20(25)10-7-15-5-3-4-6-15/h8-9,12-15H,3-7,10-11H2,1-2H3,(H,22,23,25). The number of sulfonamides is 1. The van der Waals surface area contributed by atoms with Gasteiger partial charge in [0.1, 0.15) is 0 Å². The predicted molar refractivity (Wildman–Crippen MR) is 118 cm³/mol. The maximum Gasteiger partial charge on any atom is 0.232 e. The summed E-state index contributed by atoms with van der Waals surface area (Å²) in [6.45, 7) is 1.92. The van der Waals surface area contributed by atoms with Gasteiger partial charge in [-0.3, -0.25) is 9.10 Å². The summed E-state index contributed by atoms with van der Waals surface area (Å²) in [5.74, 6) is 0.734. The molecular formula is C21H27N3O3S2. The first-order valence-corrected chi connectivity index (χ1v) is 12.9. The highest BCUT2D eigenvalue weighted by Gasteiger charge is 2.32. The average Bonchev–Trinajstić information content (AvgIpc) is 3.37. The Labute approximate surface area is 176 Å². The highest BCUT2D eigenvalue weighted by Crippen LogP contribution is 2.37. The fraction of sp³-hybridized carbons (Fsp3) is 0.524. The minimum atomic E-state index is -3.29. The van der Waals surface area contributed by atoms with E-state index in [0.717, 1.165) is 28.9 Å². The van der Waals surface area contributed by atoms with Crippen molar-refractivity contribution in [3.63, 3.8) is 0 Å². The fourth-order valence-corrected chi connectivity index (χ4v) is 6.55. The molecule has 29 heavy (non-hydrogen) atoms. The lowest BCUT2D eigenvalue weighted by Gasteiger charge is -2.21. The highest BCUT2D eigenvalue weighted by molar-refractivity contribution is 7.92. The molecule has 0 spiro atoms. The quantitative estimate of drug-likeness (QED) is 0.731. The van der Waals surface area contributed by atoms with Gasteiger partial charge in [-0.15, -0.1) is 11.3 Å². The largest absolute Gasteiger partial charge is 0.302 e. The summed E-state index contributed by atoms with van der Waals surface area (Å²) in [4.78, 5) is 16.8. The summed E-state index contributed by atoms with van der Waals surface area (Å²) < 4.78 is 25.6. The number of amides is 1. The average molecular weight is 434 g/mol. The van der Waals surface area contributed by atoms with Gasteiger partial charge >= 0.3 is 0 Å². The number of anilines is 2. The molecule has 4 rings (SSSR count). The van der Waals surface area contributed by atoms with Gasteiger partial charge in [-0.25, -0.2) is 13.4 Å². The van der Waals surface area contributed by atoms with Crippen LogP contribution in [0.25, 0.3) is 11.3 Å². The SMILES string of the molecule is CC1Cc2cc(-c3csc(NC(=O)CCC4CCCC4)n3)ccc2N1S(C)(=O)=O. The van der Waals surface area contributed by atoms with E-state index in [1.165, 1.54) is 47.6 Å². The van der Waals surface area contributed by atoms with E-state index in [9.17, 15) is 13.2 Å². The molecular weight excluding hydrogens is 406 g/mol. The molecule has 1 atom stereocenters. The molecule has 1 aliphatic carbocycles. The summed E-state index contributed by atoms with van der Waals surface area (Å²) in [6.07, 6.45) is 8.54. The third-order valence-electron chi connectivity index (χ3n) is 5.89. The predicted octanol–water partition coefficient (Wildman–Crippen LogP) is 4.43. The van der Waals surface area contributed by atoms with E-state index < -0.39 is 10.0 Å². The number of hydrogen-bond acceptors (Lipinski definition) is 5. The van der Waals surface area contributed by atoms with Gasteiger partial charge in [-0.05, 0) is 43.4 Å². The monoisotopic (exact) mass is 433 g/mol. The number of carbonyl (C=O) groups excluding carboxylic acids is 1.